The van der Waals surface area contributed by atoms with Crippen molar-refractivity contribution in [2.75, 3.05) is 6.79 Å². The molecule has 0 radical (unpaired) electrons. The molecule has 2 aromatic rings. The molecule has 1 aliphatic rings. The summed E-state index contributed by atoms with van der Waals surface area (Å²) in [6, 6.07) is 12.2. The van der Waals surface area contributed by atoms with Crippen LogP contribution in [0.1, 0.15) is 29.3 Å². The molecule has 0 aliphatic carbocycles. The summed E-state index contributed by atoms with van der Waals surface area (Å²) in [6.45, 7) is 2.11. The number of phenolic OH excluding ortho intramolecular Hbond substituents is 1. The number of fused-ring (bicyclic) bond motifs is 1. The molecular weight excluding hydrogens is 308 g/mol. The normalized spacial score (nSPS) is 13.0. The van der Waals surface area contributed by atoms with E-state index in [1.54, 1.807) is 18.2 Å². The molecule has 2 aromatic carbocycles. The van der Waals surface area contributed by atoms with Crippen molar-refractivity contribution in [3.05, 3.63) is 53.6 Å². The molecule has 0 atom stereocenters. The molecule has 124 valence electrons. The van der Waals surface area contributed by atoms with Crippen molar-refractivity contribution >= 4 is 11.6 Å². The first-order valence-electron chi connectivity index (χ1n) is 7.63. The van der Waals surface area contributed by atoms with Crippen molar-refractivity contribution in [3.63, 3.8) is 0 Å². The molecular formula is C18H18N2O4. The second kappa shape index (κ2) is 7.04. The standard InChI is InChI=1S/C18H18N2O4/c1-12(19-20-18(22)14-4-2-3-5-15(14)21)6-7-13-8-9-16-17(10-13)24-11-23-16/h2-5,8-10,21H,6-7,11H2,1H3,(H,20,22)/b19-12-. The number of ether oxygens (including phenoxy) is 2. The Morgan fingerprint density at radius 1 is 1.21 bits per heavy atom. The van der Waals surface area contributed by atoms with E-state index in [1.807, 2.05) is 25.1 Å². The Bertz CT molecular complexity index is 786. The summed E-state index contributed by atoms with van der Waals surface area (Å²) in [5.41, 5.74) is 4.56. The van der Waals surface area contributed by atoms with Gasteiger partial charge in [0, 0.05) is 5.71 Å². The summed E-state index contributed by atoms with van der Waals surface area (Å²) < 4.78 is 10.6. The lowest BCUT2D eigenvalue weighted by molar-refractivity contribution is 0.0952. The van der Waals surface area contributed by atoms with Gasteiger partial charge in [-0.1, -0.05) is 18.2 Å². The summed E-state index contributed by atoms with van der Waals surface area (Å²) in [6.07, 6.45) is 1.47. The SMILES string of the molecule is C/C(CCc1ccc2c(c1)OCO2)=N/NC(=O)c1ccccc1O. The Balaban J connectivity index is 1.55. The number of nitrogens with zero attached hydrogens (tertiary/aromatic N) is 1. The average Bonchev–Trinajstić information content (AvgIpc) is 3.06. The molecule has 0 spiro atoms. The minimum absolute atomic E-state index is 0.0665. The van der Waals surface area contributed by atoms with Crippen molar-refractivity contribution in [2.45, 2.75) is 19.8 Å². The molecule has 0 bridgehead atoms. The zero-order valence-corrected chi connectivity index (χ0v) is 13.3. The van der Waals surface area contributed by atoms with Gasteiger partial charge in [-0.05, 0) is 49.6 Å². The third-order valence-electron chi connectivity index (χ3n) is 3.71. The van der Waals surface area contributed by atoms with Gasteiger partial charge in [-0.3, -0.25) is 4.79 Å². The van der Waals surface area contributed by atoms with Gasteiger partial charge >= 0.3 is 0 Å². The first-order valence-corrected chi connectivity index (χ1v) is 7.63. The van der Waals surface area contributed by atoms with E-state index in [4.69, 9.17) is 9.47 Å². The summed E-state index contributed by atoms with van der Waals surface area (Å²) in [4.78, 5) is 12.0. The van der Waals surface area contributed by atoms with Crippen LogP contribution in [0.25, 0.3) is 0 Å². The van der Waals surface area contributed by atoms with Gasteiger partial charge in [0.2, 0.25) is 6.79 Å². The van der Waals surface area contributed by atoms with Crippen LogP contribution in [0.2, 0.25) is 0 Å². The Morgan fingerprint density at radius 2 is 2.00 bits per heavy atom. The monoisotopic (exact) mass is 326 g/mol. The molecule has 1 heterocycles. The predicted molar refractivity (Wildman–Crippen MR) is 89.6 cm³/mol. The van der Waals surface area contributed by atoms with E-state index >= 15 is 0 Å². The van der Waals surface area contributed by atoms with Gasteiger partial charge in [0.25, 0.3) is 5.91 Å². The molecule has 0 aromatic heterocycles. The maximum Gasteiger partial charge on any atom is 0.275 e. The predicted octanol–water partition coefficient (Wildman–Crippen LogP) is 2.86. The number of amides is 1. The highest BCUT2D eigenvalue weighted by Crippen LogP contribution is 2.32. The lowest BCUT2D eigenvalue weighted by Gasteiger charge is -2.05. The Labute approximate surface area is 139 Å². The highest BCUT2D eigenvalue weighted by molar-refractivity contribution is 5.97. The molecule has 0 saturated carbocycles. The minimum atomic E-state index is -0.435. The Hall–Kier alpha value is -3.02. The largest absolute Gasteiger partial charge is 0.507 e. The average molecular weight is 326 g/mol. The van der Waals surface area contributed by atoms with E-state index in [2.05, 4.69) is 10.5 Å². The van der Waals surface area contributed by atoms with E-state index in [0.717, 1.165) is 29.2 Å². The summed E-state index contributed by atoms with van der Waals surface area (Å²) >= 11 is 0. The number of carbonyl (C=O) groups is 1. The van der Waals surface area contributed by atoms with Crippen molar-refractivity contribution in [3.8, 4) is 17.2 Å². The first-order chi connectivity index (χ1) is 11.6. The van der Waals surface area contributed by atoms with E-state index in [1.165, 1.54) is 6.07 Å². The van der Waals surface area contributed by atoms with E-state index in [9.17, 15) is 9.90 Å². The van der Waals surface area contributed by atoms with Crippen LogP contribution in [0.5, 0.6) is 17.2 Å². The number of hydrogen-bond acceptors (Lipinski definition) is 5. The van der Waals surface area contributed by atoms with Gasteiger partial charge in [0.05, 0.1) is 5.56 Å². The van der Waals surface area contributed by atoms with Crippen LogP contribution in [-0.4, -0.2) is 23.5 Å². The summed E-state index contributed by atoms with van der Waals surface area (Å²) in [5, 5.41) is 13.7. The van der Waals surface area contributed by atoms with Gasteiger partial charge < -0.3 is 14.6 Å². The Morgan fingerprint density at radius 3 is 2.83 bits per heavy atom. The van der Waals surface area contributed by atoms with Gasteiger partial charge in [0.15, 0.2) is 11.5 Å². The van der Waals surface area contributed by atoms with E-state index < -0.39 is 5.91 Å². The van der Waals surface area contributed by atoms with Gasteiger partial charge in [-0.2, -0.15) is 5.10 Å². The highest BCUT2D eigenvalue weighted by Gasteiger charge is 2.13. The van der Waals surface area contributed by atoms with E-state index in [0.29, 0.717) is 6.42 Å². The van der Waals surface area contributed by atoms with Crippen molar-refractivity contribution in [1.82, 2.24) is 5.43 Å². The number of benzene rings is 2. The third kappa shape index (κ3) is 3.65. The molecule has 1 aliphatic heterocycles. The lowest BCUT2D eigenvalue weighted by atomic mass is 10.1. The fourth-order valence-corrected chi connectivity index (χ4v) is 2.35. The van der Waals surface area contributed by atoms with E-state index in [-0.39, 0.29) is 18.1 Å². The van der Waals surface area contributed by atoms with Crippen molar-refractivity contribution in [1.29, 1.82) is 0 Å². The van der Waals surface area contributed by atoms with Crippen molar-refractivity contribution in [2.24, 2.45) is 5.10 Å². The van der Waals surface area contributed by atoms with Crippen LogP contribution in [0.15, 0.2) is 47.6 Å². The number of phenols is 1. The molecule has 6 heteroatoms. The fourth-order valence-electron chi connectivity index (χ4n) is 2.35. The topological polar surface area (TPSA) is 80.2 Å². The molecule has 1 amide bonds. The fraction of sp³-hybridized carbons (Fsp3) is 0.222. The Kier molecular flexibility index (Phi) is 4.65. The maximum atomic E-state index is 12.0. The first kappa shape index (κ1) is 15.9. The highest BCUT2D eigenvalue weighted by atomic mass is 16.7. The summed E-state index contributed by atoms with van der Waals surface area (Å²) in [5.74, 6) is 1.02. The van der Waals surface area contributed by atoms with Gasteiger partial charge in [-0.15, -0.1) is 0 Å². The number of para-hydroxylation sites is 1. The molecule has 6 nitrogen and oxygen atoms in total. The number of aromatic hydroxyl groups is 1. The summed E-state index contributed by atoms with van der Waals surface area (Å²) in [7, 11) is 0. The molecule has 0 saturated heterocycles. The minimum Gasteiger partial charge on any atom is -0.507 e. The quantitative estimate of drug-likeness (QED) is 0.654. The molecule has 2 N–H and O–H groups in total. The van der Waals surface area contributed by atoms with Crippen LogP contribution >= 0.6 is 0 Å². The van der Waals surface area contributed by atoms with Crippen LogP contribution < -0.4 is 14.9 Å². The zero-order chi connectivity index (χ0) is 16.9. The number of hydrazone groups is 1. The number of hydrogen-bond donors (Lipinski definition) is 2. The van der Waals surface area contributed by atoms with Crippen LogP contribution in [0, 0.1) is 0 Å². The second-order valence-electron chi connectivity index (χ2n) is 5.49. The number of rotatable bonds is 5. The molecule has 24 heavy (non-hydrogen) atoms. The van der Waals surface area contributed by atoms with Crippen LogP contribution in [0.4, 0.5) is 0 Å². The van der Waals surface area contributed by atoms with Crippen molar-refractivity contribution < 1.29 is 19.4 Å². The molecule has 3 rings (SSSR count). The lowest BCUT2D eigenvalue weighted by Crippen LogP contribution is -2.19. The van der Waals surface area contributed by atoms with Crippen LogP contribution in [-0.2, 0) is 6.42 Å². The van der Waals surface area contributed by atoms with Crippen LogP contribution in [0.3, 0.4) is 0 Å². The maximum absolute atomic E-state index is 12.0. The molecule has 0 fully saturated rings. The third-order valence-corrected chi connectivity index (χ3v) is 3.71. The number of aryl methyl sites for hydroxylation is 1. The zero-order valence-electron chi connectivity index (χ0n) is 13.3. The molecule has 0 unspecified atom stereocenters. The second-order valence-corrected chi connectivity index (χ2v) is 5.49. The number of carbonyl (C=O) groups excluding carboxylic acids is 1. The smallest absolute Gasteiger partial charge is 0.275 e. The number of nitrogens with one attached hydrogen (secondary N) is 1. The van der Waals surface area contributed by atoms with Gasteiger partial charge in [0.1, 0.15) is 5.75 Å². The van der Waals surface area contributed by atoms with Gasteiger partial charge in [-0.25, -0.2) is 5.43 Å².